The second-order valence-electron chi connectivity index (χ2n) is 6.34. The highest BCUT2D eigenvalue weighted by atomic mass is 16.6. The second kappa shape index (κ2) is 7.55. The minimum atomic E-state index is -1.37. The van der Waals surface area contributed by atoms with Gasteiger partial charge in [0.25, 0.3) is 11.6 Å². The highest BCUT2D eigenvalue weighted by molar-refractivity contribution is 6.07. The Morgan fingerprint density at radius 1 is 1.14 bits per heavy atom. The van der Waals surface area contributed by atoms with Crippen molar-refractivity contribution in [1.29, 1.82) is 0 Å². The van der Waals surface area contributed by atoms with Gasteiger partial charge in [-0.25, -0.2) is 4.79 Å². The van der Waals surface area contributed by atoms with E-state index in [9.17, 15) is 19.7 Å². The molecule has 3 amide bonds. The van der Waals surface area contributed by atoms with Crippen molar-refractivity contribution in [3.05, 3.63) is 64.2 Å². The van der Waals surface area contributed by atoms with Crippen molar-refractivity contribution in [3.8, 4) is 11.5 Å². The Labute approximate surface area is 161 Å². The number of carbonyl (C=O) groups excluding carboxylic acids is 2. The van der Waals surface area contributed by atoms with Crippen LogP contribution in [0.3, 0.4) is 0 Å². The maximum absolute atomic E-state index is 12.8. The Morgan fingerprint density at radius 3 is 2.46 bits per heavy atom. The molecule has 3 rings (SSSR count). The molecular formula is C19H19N3O6. The summed E-state index contributed by atoms with van der Waals surface area (Å²) < 4.78 is 10.6. The summed E-state index contributed by atoms with van der Waals surface area (Å²) >= 11 is 0. The molecule has 2 aromatic carbocycles. The number of nitro groups is 1. The smallest absolute Gasteiger partial charge is 0.325 e. The first-order valence-electron chi connectivity index (χ1n) is 8.51. The molecule has 0 saturated carbocycles. The van der Waals surface area contributed by atoms with Crippen LogP contribution in [-0.4, -0.2) is 42.0 Å². The van der Waals surface area contributed by atoms with Gasteiger partial charge in [-0.15, -0.1) is 0 Å². The van der Waals surface area contributed by atoms with Crippen LogP contribution in [0.4, 0.5) is 10.5 Å². The Kier molecular flexibility index (Phi) is 5.16. The molecule has 1 heterocycles. The molecule has 1 N–H and O–H groups in total. The number of nitrogens with one attached hydrogen (secondary N) is 1. The summed E-state index contributed by atoms with van der Waals surface area (Å²) in [4.78, 5) is 36.6. The van der Waals surface area contributed by atoms with Gasteiger partial charge in [0.2, 0.25) is 0 Å². The Balaban J connectivity index is 1.68. The molecule has 0 aromatic heterocycles. The van der Waals surface area contributed by atoms with Gasteiger partial charge in [-0.2, -0.15) is 0 Å². The number of carbonyl (C=O) groups is 2. The van der Waals surface area contributed by atoms with Crippen molar-refractivity contribution in [1.82, 2.24) is 10.2 Å². The third kappa shape index (κ3) is 3.59. The van der Waals surface area contributed by atoms with Crippen LogP contribution in [0, 0.1) is 10.1 Å². The summed E-state index contributed by atoms with van der Waals surface area (Å²) in [6.07, 6.45) is 0. The number of amides is 3. The molecule has 146 valence electrons. The number of hydrogen-bond acceptors (Lipinski definition) is 6. The first kappa shape index (κ1) is 19.2. The molecule has 1 saturated heterocycles. The quantitative estimate of drug-likeness (QED) is 0.445. The van der Waals surface area contributed by atoms with Crippen LogP contribution in [0.15, 0.2) is 48.5 Å². The van der Waals surface area contributed by atoms with Crippen molar-refractivity contribution in [2.45, 2.75) is 12.5 Å². The standard InChI is InChI=1S/C19H19N3O6/c1-19(13-4-3-5-14(12-13)22(25)26)17(23)21(18(24)20-19)10-11-28-16-8-6-15(27-2)7-9-16/h3-9,12H,10-11H2,1-2H3,(H,20,24). The minimum Gasteiger partial charge on any atom is -0.497 e. The number of methoxy groups -OCH3 is 1. The third-order valence-electron chi connectivity index (χ3n) is 4.55. The largest absolute Gasteiger partial charge is 0.497 e. The van der Waals surface area contributed by atoms with Crippen LogP contribution in [0.2, 0.25) is 0 Å². The van der Waals surface area contributed by atoms with E-state index in [1.165, 1.54) is 25.1 Å². The summed E-state index contributed by atoms with van der Waals surface area (Å²) in [5, 5.41) is 13.6. The molecule has 0 aliphatic carbocycles. The lowest BCUT2D eigenvalue weighted by Gasteiger charge is -2.22. The van der Waals surface area contributed by atoms with Gasteiger partial charge in [-0.1, -0.05) is 12.1 Å². The van der Waals surface area contributed by atoms with E-state index in [0.29, 0.717) is 17.1 Å². The van der Waals surface area contributed by atoms with Crippen LogP contribution in [0.1, 0.15) is 12.5 Å². The maximum atomic E-state index is 12.8. The average Bonchev–Trinajstić information content (AvgIpc) is 2.92. The van der Waals surface area contributed by atoms with Gasteiger partial charge >= 0.3 is 6.03 Å². The number of hydrogen-bond donors (Lipinski definition) is 1. The van der Waals surface area contributed by atoms with Crippen molar-refractivity contribution in [2.24, 2.45) is 0 Å². The molecule has 0 bridgehead atoms. The molecule has 1 fully saturated rings. The minimum absolute atomic E-state index is 0.0429. The van der Waals surface area contributed by atoms with Crippen molar-refractivity contribution < 1.29 is 24.0 Å². The lowest BCUT2D eigenvalue weighted by molar-refractivity contribution is -0.385. The van der Waals surface area contributed by atoms with E-state index in [2.05, 4.69) is 5.32 Å². The van der Waals surface area contributed by atoms with Crippen LogP contribution >= 0.6 is 0 Å². The van der Waals surface area contributed by atoms with E-state index < -0.39 is 22.4 Å². The van der Waals surface area contributed by atoms with E-state index in [1.807, 2.05) is 0 Å². The second-order valence-corrected chi connectivity index (χ2v) is 6.34. The summed E-state index contributed by atoms with van der Waals surface area (Å²) in [6.45, 7) is 1.67. The summed E-state index contributed by atoms with van der Waals surface area (Å²) in [7, 11) is 1.56. The number of non-ortho nitro benzene ring substituents is 1. The van der Waals surface area contributed by atoms with Crippen LogP contribution in [0.25, 0.3) is 0 Å². The first-order valence-corrected chi connectivity index (χ1v) is 8.51. The number of rotatable bonds is 7. The van der Waals surface area contributed by atoms with E-state index >= 15 is 0 Å². The summed E-state index contributed by atoms with van der Waals surface area (Å²) in [5.74, 6) is 0.778. The van der Waals surface area contributed by atoms with Gasteiger partial charge in [0, 0.05) is 12.1 Å². The fourth-order valence-corrected chi connectivity index (χ4v) is 2.95. The summed E-state index contributed by atoms with van der Waals surface area (Å²) in [5.41, 5.74) is -1.18. The van der Waals surface area contributed by atoms with E-state index in [0.717, 1.165) is 4.90 Å². The lowest BCUT2D eigenvalue weighted by atomic mass is 9.91. The van der Waals surface area contributed by atoms with Crippen molar-refractivity contribution in [3.63, 3.8) is 0 Å². The van der Waals surface area contributed by atoms with Gasteiger partial charge in [-0.05, 0) is 36.8 Å². The normalized spacial score (nSPS) is 18.7. The van der Waals surface area contributed by atoms with E-state index in [-0.39, 0.29) is 18.8 Å². The predicted molar refractivity (Wildman–Crippen MR) is 99.2 cm³/mol. The molecule has 28 heavy (non-hydrogen) atoms. The highest BCUT2D eigenvalue weighted by Crippen LogP contribution is 2.30. The zero-order valence-electron chi connectivity index (χ0n) is 15.4. The SMILES string of the molecule is COc1ccc(OCCN2C(=O)NC(C)(c3cccc([N+](=O)[O-])c3)C2=O)cc1. The molecule has 2 aromatic rings. The molecule has 1 unspecified atom stereocenters. The number of nitro benzene ring substituents is 1. The molecule has 1 aliphatic heterocycles. The van der Waals surface area contributed by atoms with Crippen molar-refractivity contribution in [2.75, 3.05) is 20.3 Å². The van der Waals surface area contributed by atoms with Gasteiger partial charge in [0.15, 0.2) is 0 Å². The Morgan fingerprint density at radius 2 is 1.82 bits per heavy atom. The fraction of sp³-hybridized carbons (Fsp3) is 0.263. The van der Waals surface area contributed by atoms with Crippen LogP contribution in [0.5, 0.6) is 11.5 Å². The molecule has 0 radical (unpaired) electrons. The molecule has 0 spiro atoms. The molecule has 9 nitrogen and oxygen atoms in total. The summed E-state index contributed by atoms with van der Waals surface area (Å²) in [6, 6.07) is 12.0. The van der Waals surface area contributed by atoms with Crippen LogP contribution < -0.4 is 14.8 Å². The van der Waals surface area contributed by atoms with Crippen LogP contribution in [-0.2, 0) is 10.3 Å². The van der Waals surface area contributed by atoms with E-state index in [1.54, 1.807) is 37.4 Å². The van der Waals surface area contributed by atoms with Gasteiger partial charge in [-0.3, -0.25) is 19.8 Å². The zero-order chi connectivity index (χ0) is 20.3. The Hall–Kier alpha value is -3.62. The number of ether oxygens (including phenoxy) is 2. The van der Waals surface area contributed by atoms with Gasteiger partial charge in [0.05, 0.1) is 18.6 Å². The lowest BCUT2D eigenvalue weighted by Crippen LogP contribution is -2.41. The number of urea groups is 1. The molecule has 1 atom stereocenters. The highest BCUT2D eigenvalue weighted by Gasteiger charge is 2.49. The third-order valence-corrected chi connectivity index (χ3v) is 4.55. The maximum Gasteiger partial charge on any atom is 0.325 e. The average molecular weight is 385 g/mol. The van der Waals surface area contributed by atoms with Gasteiger partial charge < -0.3 is 14.8 Å². The van der Waals surface area contributed by atoms with Gasteiger partial charge in [0.1, 0.15) is 23.6 Å². The predicted octanol–water partition coefficient (Wildman–Crippen LogP) is 2.45. The van der Waals surface area contributed by atoms with E-state index in [4.69, 9.17) is 9.47 Å². The fourth-order valence-electron chi connectivity index (χ4n) is 2.95. The van der Waals surface area contributed by atoms with Crippen molar-refractivity contribution >= 4 is 17.6 Å². The number of benzene rings is 2. The topological polar surface area (TPSA) is 111 Å². The molecule has 1 aliphatic rings. The Bertz CT molecular complexity index is 914. The first-order chi connectivity index (χ1) is 13.3. The number of imide groups is 1. The molecule has 9 heteroatoms. The zero-order valence-corrected chi connectivity index (χ0v) is 15.4. The molecular weight excluding hydrogens is 366 g/mol. The monoisotopic (exact) mass is 385 g/mol. The number of nitrogens with zero attached hydrogens (tertiary/aromatic N) is 2.